The third kappa shape index (κ3) is 3.01. The monoisotopic (exact) mass is 291 g/mol. The van der Waals surface area contributed by atoms with Gasteiger partial charge in [0.1, 0.15) is 17.1 Å². The lowest BCUT2D eigenvalue weighted by molar-refractivity contribution is -0.0646. The highest BCUT2D eigenvalue weighted by Gasteiger charge is 2.42. The van der Waals surface area contributed by atoms with Crippen molar-refractivity contribution in [3.8, 4) is 11.5 Å². The number of methoxy groups -OCH3 is 1. The molecule has 21 heavy (non-hydrogen) atoms. The number of hydrogen-bond acceptors (Lipinski definition) is 4. The Labute approximate surface area is 126 Å². The molecule has 3 rings (SSSR count). The first-order valence-corrected chi connectivity index (χ1v) is 7.94. The smallest absolute Gasteiger partial charge is 0.128 e. The van der Waals surface area contributed by atoms with E-state index in [4.69, 9.17) is 14.2 Å². The summed E-state index contributed by atoms with van der Waals surface area (Å²) >= 11 is 0. The van der Waals surface area contributed by atoms with Crippen LogP contribution >= 0.6 is 0 Å². The van der Waals surface area contributed by atoms with Gasteiger partial charge >= 0.3 is 0 Å². The van der Waals surface area contributed by atoms with Crippen LogP contribution in [0.5, 0.6) is 11.5 Å². The minimum Gasteiger partial charge on any atom is -0.497 e. The van der Waals surface area contributed by atoms with Crippen LogP contribution in [0.2, 0.25) is 0 Å². The molecule has 1 saturated heterocycles. The predicted octanol–water partition coefficient (Wildman–Crippen LogP) is 3.07. The maximum Gasteiger partial charge on any atom is 0.128 e. The van der Waals surface area contributed by atoms with E-state index in [2.05, 4.69) is 18.3 Å². The van der Waals surface area contributed by atoms with E-state index in [9.17, 15) is 0 Å². The van der Waals surface area contributed by atoms with E-state index in [1.54, 1.807) is 7.11 Å². The number of nitrogens with one attached hydrogen (secondary N) is 1. The average Bonchev–Trinajstić information content (AvgIpc) is 2.52. The molecule has 0 aromatic heterocycles. The summed E-state index contributed by atoms with van der Waals surface area (Å²) in [7, 11) is 1.70. The maximum absolute atomic E-state index is 6.41. The highest BCUT2D eigenvalue weighted by molar-refractivity contribution is 5.44. The molecule has 0 aliphatic carbocycles. The van der Waals surface area contributed by atoms with Crippen molar-refractivity contribution in [1.29, 1.82) is 0 Å². The van der Waals surface area contributed by atoms with Gasteiger partial charge in [0.25, 0.3) is 0 Å². The Morgan fingerprint density at radius 1 is 1.33 bits per heavy atom. The van der Waals surface area contributed by atoms with Crippen molar-refractivity contribution in [2.45, 2.75) is 44.2 Å². The van der Waals surface area contributed by atoms with Crippen LogP contribution in [0.3, 0.4) is 0 Å². The molecule has 1 N–H and O–H groups in total. The Hall–Kier alpha value is -1.26. The van der Waals surface area contributed by atoms with Crippen molar-refractivity contribution in [3.63, 3.8) is 0 Å². The first-order valence-electron chi connectivity index (χ1n) is 7.94. The molecule has 1 fully saturated rings. The highest BCUT2D eigenvalue weighted by Crippen LogP contribution is 2.45. The quantitative estimate of drug-likeness (QED) is 0.925. The van der Waals surface area contributed by atoms with Crippen LogP contribution in [0.15, 0.2) is 18.2 Å². The lowest BCUT2D eigenvalue weighted by Crippen LogP contribution is -2.48. The van der Waals surface area contributed by atoms with Crippen molar-refractivity contribution in [2.75, 3.05) is 26.9 Å². The van der Waals surface area contributed by atoms with Crippen molar-refractivity contribution in [2.24, 2.45) is 0 Å². The van der Waals surface area contributed by atoms with Crippen molar-refractivity contribution < 1.29 is 14.2 Å². The molecule has 4 heteroatoms. The molecule has 2 aliphatic rings. The fourth-order valence-corrected chi connectivity index (χ4v) is 3.33. The number of fused-ring (bicyclic) bond motifs is 1. The van der Waals surface area contributed by atoms with Crippen LogP contribution in [0.4, 0.5) is 0 Å². The van der Waals surface area contributed by atoms with Gasteiger partial charge in [-0.25, -0.2) is 0 Å². The zero-order valence-electron chi connectivity index (χ0n) is 13.0. The minimum absolute atomic E-state index is 0.0803. The summed E-state index contributed by atoms with van der Waals surface area (Å²) in [4.78, 5) is 0. The number of rotatable bonds is 4. The van der Waals surface area contributed by atoms with Crippen LogP contribution in [0.1, 0.15) is 44.2 Å². The van der Waals surface area contributed by atoms with Crippen LogP contribution in [0.25, 0.3) is 0 Å². The molecule has 1 spiro atoms. The molecule has 0 bridgehead atoms. The van der Waals surface area contributed by atoms with Gasteiger partial charge < -0.3 is 19.5 Å². The van der Waals surface area contributed by atoms with Gasteiger partial charge in [0, 0.05) is 36.9 Å². The van der Waals surface area contributed by atoms with E-state index in [-0.39, 0.29) is 5.60 Å². The number of benzene rings is 1. The highest BCUT2D eigenvalue weighted by atomic mass is 16.5. The van der Waals surface area contributed by atoms with Gasteiger partial charge in [0.15, 0.2) is 0 Å². The van der Waals surface area contributed by atoms with Gasteiger partial charge in [-0.1, -0.05) is 13.0 Å². The predicted molar refractivity (Wildman–Crippen MR) is 82.1 cm³/mol. The van der Waals surface area contributed by atoms with Gasteiger partial charge in [-0.2, -0.15) is 0 Å². The standard InChI is InChI=1S/C17H25NO3/c1-3-8-18-15-12-17(6-9-20-10-7-17)21-16-11-13(19-2)4-5-14(15)16/h4-5,11,15,18H,3,6-10,12H2,1-2H3. The van der Waals surface area contributed by atoms with E-state index >= 15 is 0 Å². The molecule has 116 valence electrons. The second-order valence-electron chi connectivity index (χ2n) is 6.01. The van der Waals surface area contributed by atoms with Gasteiger partial charge in [-0.05, 0) is 19.0 Å². The Bertz CT molecular complexity index is 483. The molecule has 2 heterocycles. The van der Waals surface area contributed by atoms with Gasteiger partial charge in [0.2, 0.25) is 0 Å². The average molecular weight is 291 g/mol. The Morgan fingerprint density at radius 3 is 2.86 bits per heavy atom. The molecule has 1 aromatic carbocycles. The topological polar surface area (TPSA) is 39.7 Å². The molecule has 4 nitrogen and oxygen atoms in total. The second-order valence-corrected chi connectivity index (χ2v) is 6.01. The summed E-state index contributed by atoms with van der Waals surface area (Å²) in [5, 5.41) is 3.67. The van der Waals surface area contributed by atoms with E-state index in [0.29, 0.717) is 6.04 Å². The van der Waals surface area contributed by atoms with E-state index in [1.807, 2.05) is 12.1 Å². The van der Waals surface area contributed by atoms with Gasteiger partial charge in [0.05, 0.1) is 20.3 Å². The molecule has 0 saturated carbocycles. The third-order valence-electron chi connectivity index (χ3n) is 4.54. The zero-order chi connectivity index (χ0) is 14.7. The minimum atomic E-state index is -0.0803. The summed E-state index contributed by atoms with van der Waals surface area (Å²) < 4.78 is 17.3. The Kier molecular flexibility index (Phi) is 4.36. The van der Waals surface area contributed by atoms with Gasteiger partial charge in [-0.15, -0.1) is 0 Å². The maximum atomic E-state index is 6.41. The Balaban J connectivity index is 1.90. The fourth-order valence-electron chi connectivity index (χ4n) is 3.33. The molecule has 1 atom stereocenters. The van der Waals surface area contributed by atoms with Crippen LogP contribution in [0, 0.1) is 0 Å². The van der Waals surface area contributed by atoms with E-state index in [0.717, 1.165) is 56.9 Å². The first kappa shape index (κ1) is 14.7. The molecule has 1 unspecified atom stereocenters. The Morgan fingerprint density at radius 2 is 2.14 bits per heavy atom. The van der Waals surface area contributed by atoms with Crippen LogP contribution < -0.4 is 14.8 Å². The first-order chi connectivity index (χ1) is 10.3. The van der Waals surface area contributed by atoms with E-state index in [1.165, 1.54) is 5.56 Å². The molecule has 2 aliphatic heterocycles. The van der Waals surface area contributed by atoms with Crippen molar-refractivity contribution in [3.05, 3.63) is 23.8 Å². The molecule has 1 aromatic rings. The zero-order valence-corrected chi connectivity index (χ0v) is 13.0. The molecular formula is C17H25NO3. The summed E-state index contributed by atoms with van der Waals surface area (Å²) in [6.07, 6.45) is 4.09. The third-order valence-corrected chi connectivity index (χ3v) is 4.54. The van der Waals surface area contributed by atoms with Crippen LogP contribution in [-0.2, 0) is 4.74 Å². The molecular weight excluding hydrogens is 266 g/mol. The summed E-state index contributed by atoms with van der Waals surface area (Å²) in [5.41, 5.74) is 1.17. The van der Waals surface area contributed by atoms with Crippen molar-refractivity contribution >= 4 is 0 Å². The van der Waals surface area contributed by atoms with Crippen LogP contribution in [-0.4, -0.2) is 32.5 Å². The lowest BCUT2D eigenvalue weighted by atomic mass is 9.82. The molecule has 0 radical (unpaired) electrons. The van der Waals surface area contributed by atoms with E-state index < -0.39 is 0 Å². The van der Waals surface area contributed by atoms with Gasteiger partial charge in [-0.3, -0.25) is 0 Å². The number of ether oxygens (including phenoxy) is 3. The summed E-state index contributed by atoms with van der Waals surface area (Å²) in [6.45, 7) is 4.81. The second kappa shape index (κ2) is 6.24. The summed E-state index contributed by atoms with van der Waals surface area (Å²) in [6, 6.07) is 6.53. The lowest BCUT2D eigenvalue weighted by Gasteiger charge is -2.44. The SMILES string of the molecule is CCCNC1CC2(CCOCC2)Oc2cc(OC)ccc21. The largest absolute Gasteiger partial charge is 0.497 e. The summed E-state index contributed by atoms with van der Waals surface area (Å²) in [5.74, 6) is 1.82. The fraction of sp³-hybridized carbons (Fsp3) is 0.647. The molecule has 0 amide bonds. The van der Waals surface area contributed by atoms with Crippen molar-refractivity contribution in [1.82, 2.24) is 5.32 Å². The number of hydrogen-bond donors (Lipinski definition) is 1. The normalized spacial score (nSPS) is 23.4.